The molecule has 0 amide bonds. The van der Waals surface area contributed by atoms with Crippen molar-refractivity contribution in [3.05, 3.63) is 0 Å². The maximum absolute atomic E-state index is 10.5. The van der Waals surface area contributed by atoms with Crippen LogP contribution in [0.1, 0.15) is 162 Å². The second kappa shape index (κ2) is 29.9. The highest BCUT2D eigenvalue weighted by Crippen LogP contribution is 2.12. The van der Waals surface area contributed by atoms with Gasteiger partial charge in [-0.3, -0.25) is 9.59 Å². The summed E-state index contributed by atoms with van der Waals surface area (Å²) in [5.41, 5.74) is 0. The molecule has 0 unspecified atom stereocenters. The third-order valence-corrected chi connectivity index (χ3v) is 5.80. The van der Waals surface area contributed by atoms with E-state index in [1.54, 1.807) is 0 Å². The lowest BCUT2D eigenvalue weighted by atomic mass is 10.1. The van der Waals surface area contributed by atoms with Crippen LogP contribution in [0.15, 0.2) is 0 Å². The lowest BCUT2D eigenvalue weighted by molar-refractivity contribution is -0.141. The molecule has 0 saturated heterocycles. The van der Waals surface area contributed by atoms with Gasteiger partial charge in [-0.1, -0.05) is 136 Å². The van der Waals surface area contributed by atoms with Gasteiger partial charge in [-0.05, 0) is 12.8 Å². The Morgan fingerprint density at radius 2 is 0.844 bits per heavy atom. The summed E-state index contributed by atoms with van der Waals surface area (Å²) < 4.78 is 4.87. The molecule has 0 aromatic heterocycles. The first-order chi connectivity index (χ1) is 15.5. The number of carbonyl (C=O) groups is 2. The normalized spacial score (nSPS) is 10.5. The van der Waals surface area contributed by atoms with Gasteiger partial charge in [0.15, 0.2) is 0 Å². The van der Waals surface area contributed by atoms with E-state index in [0.29, 0.717) is 13.0 Å². The molecule has 0 aliphatic carbocycles. The summed E-state index contributed by atoms with van der Waals surface area (Å²) in [4.78, 5) is 20.7. The van der Waals surface area contributed by atoms with Gasteiger partial charge in [-0.2, -0.15) is 0 Å². The van der Waals surface area contributed by atoms with Crippen LogP contribution in [0.3, 0.4) is 0 Å². The molecule has 0 heterocycles. The van der Waals surface area contributed by atoms with Crippen LogP contribution in [0, 0.1) is 0 Å². The van der Waals surface area contributed by atoms with Crippen molar-refractivity contribution in [1.29, 1.82) is 0 Å². The molecule has 4 nitrogen and oxygen atoms in total. The van der Waals surface area contributed by atoms with Crippen molar-refractivity contribution >= 4 is 11.9 Å². The zero-order valence-electron chi connectivity index (χ0n) is 21.9. The number of carboxylic acid groups (broad SMARTS) is 1. The van der Waals surface area contributed by atoms with E-state index in [2.05, 4.69) is 13.8 Å². The molecule has 4 heteroatoms. The minimum Gasteiger partial charge on any atom is -0.481 e. The lowest BCUT2D eigenvalue weighted by Gasteiger charge is -2.02. The Morgan fingerprint density at radius 3 is 1.16 bits per heavy atom. The number of ether oxygens (including phenoxy) is 1. The van der Waals surface area contributed by atoms with Crippen LogP contribution in [-0.2, 0) is 14.3 Å². The molecule has 0 aliphatic rings. The van der Waals surface area contributed by atoms with Crippen LogP contribution in [0.5, 0.6) is 0 Å². The molecule has 0 aromatic carbocycles. The van der Waals surface area contributed by atoms with Gasteiger partial charge in [-0.25, -0.2) is 0 Å². The summed E-state index contributed by atoms with van der Waals surface area (Å²) in [6, 6.07) is 0. The van der Waals surface area contributed by atoms with E-state index < -0.39 is 5.97 Å². The van der Waals surface area contributed by atoms with Crippen molar-refractivity contribution in [3.8, 4) is 0 Å². The summed E-state index contributed by atoms with van der Waals surface area (Å²) in [6.45, 7) is 6.57. The first-order valence-electron chi connectivity index (χ1n) is 13.9. The minimum absolute atomic E-state index is 0.157. The van der Waals surface area contributed by atoms with E-state index in [1.807, 2.05) is 0 Å². The molecule has 192 valence electrons. The summed E-state index contributed by atoms with van der Waals surface area (Å²) in [6.07, 6.45) is 27.5. The average molecular weight is 457 g/mol. The Kier molecular flexibility index (Phi) is 31.0. The number of unbranched alkanes of at least 4 members (excludes halogenated alkanes) is 19. The Labute approximate surface area is 200 Å². The summed E-state index contributed by atoms with van der Waals surface area (Å²) in [5.74, 6) is -0.813. The van der Waals surface area contributed by atoms with Crippen LogP contribution in [0.4, 0.5) is 0 Å². The number of hydrogen-bond acceptors (Lipinski definition) is 3. The second-order valence-corrected chi connectivity index (χ2v) is 9.20. The summed E-state index contributed by atoms with van der Waals surface area (Å²) in [5, 5.41) is 8.46. The Hall–Kier alpha value is -1.06. The molecule has 0 spiro atoms. The predicted molar refractivity (Wildman–Crippen MR) is 137 cm³/mol. The Balaban J connectivity index is 0. The maximum atomic E-state index is 10.5. The maximum Gasteiger partial charge on any atom is 0.303 e. The van der Waals surface area contributed by atoms with Crippen molar-refractivity contribution in [2.45, 2.75) is 162 Å². The van der Waals surface area contributed by atoms with Gasteiger partial charge in [0.25, 0.3) is 0 Å². The molecule has 0 fully saturated rings. The monoisotopic (exact) mass is 456 g/mol. The number of rotatable bonds is 23. The van der Waals surface area contributed by atoms with Crippen LogP contribution in [0.25, 0.3) is 0 Å². The van der Waals surface area contributed by atoms with Gasteiger partial charge in [0.05, 0.1) is 6.61 Å². The molecule has 1 N–H and O–H groups in total. The van der Waals surface area contributed by atoms with Crippen LogP contribution in [0.2, 0.25) is 0 Å². The molecule has 0 bridgehead atoms. The molecular weight excluding hydrogens is 400 g/mol. The largest absolute Gasteiger partial charge is 0.481 e. The first kappa shape index (κ1) is 33.1. The zero-order valence-corrected chi connectivity index (χ0v) is 21.9. The summed E-state index contributed by atoms with van der Waals surface area (Å²) >= 11 is 0. The SMILES string of the molecule is CCCCCCCCCCCCCC(=O)O.CCCCCCCCCCCCOC(C)=O. The smallest absolute Gasteiger partial charge is 0.303 e. The van der Waals surface area contributed by atoms with E-state index >= 15 is 0 Å². The van der Waals surface area contributed by atoms with Gasteiger partial charge in [-0.15, -0.1) is 0 Å². The number of carbonyl (C=O) groups excluding carboxylic acids is 1. The molecular formula is C28H56O4. The summed E-state index contributed by atoms with van der Waals surface area (Å²) in [7, 11) is 0. The van der Waals surface area contributed by atoms with E-state index in [1.165, 1.54) is 122 Å². The minimum atomic E-state index is -0.657. The van der Waals surface area contributed by atoms with Crippen LogP contribution < -0.4 is 0 Å². The Morgan fingerprint density at radius 1 is 0.531 bits per heavy atom. The highest BCUT2D eigenvalue weighted by atomic mass is 16.5. The fraction of sp³-hybridized carbons (Fsp3) is 0.929. The number of aliphatic carboxylic acids is 1. The topological polar surface area (TPSA) is 63.6 Å². The lowest BCUT2D eigenvalue weighted by Crippen LogP contribution is -2.00. The molecule has 0 aliphatic heterocycles. The molecule has 0 rings (SSSR count). The molecule has 0 atom stereocenters. The quantitative estimate of drug-likeness (QED) is 0.123. The van der Waals surface area contributed by atoms with Gasteiger partial charge in [0.1, 0.15) is 0 Å². The molecule has 0 saturated carbocycles. The van der Waals surface area contributed by atoms with E-state index in [-0.39, 0.29) is 5.97 Å². The average Bonchev–Trinajstić information content (AvgIpc) is 2.76. The van der Waals surface area contributed by atoms with E-state index in [4.69, 9.17) is 9.84 Å². The standard InChI is InChI=1S/2C14H28O2/c1-3-4-5-6-7-8-9-10-11-12-13-16-14(2)15;1-2-3-4-5-6-7-8-9-10-11-12-13-14(15)16/h3-13H2,1-2H3;2-13H2,1H3,(H,15,16). The fourth-order valence-electron chi connectivity index (χ4n) is 3.75. The third-order valence-electron chi connectivity index (χ3n) is 5.80. The second-order valence-electron chi connectivity index (χ2n) is 9.20. The van der Waals surface area contributed by atoms with Crippen LogP contribution in [-0.4, -0.2) is 23.7 Å². The van der Waals surface area contributed by atoms with Crippen molar-refractivity contribution in [1.82, 2.24) is 0 Å². The molecule has 32 heavy (non-hydrogen) atoms. The molecule has 0 radical (unpaired) electrons. The van der Waals surface area contributed by atoms with E-state index in [9.17, 15) is 9.59 Å². The van der Waals surface area contributed by atoms with Crippen molar-refractivity contribution < 1.29 is 19.4 Å². The van der Waals surface area contributed by atoms with Crippen molar-refractivity contribution in [3.63, 3.8) is 0 Å². The number of hydrogen-bond donors (Lipinski definition) is 1. The van der Waals surface area contributed by atoms with Crippen molar-refractivity contribution in [2.24, 2.45) is 0 Å². The van der Waals surface area contributed by atoms with Gasteiger partial charge >= 0.3 is 11.9 Å². The Bertz CT molecular complexity index is 346. The van der Waals surface area contributed by atoms with E-state index in [0.717, 1.165) is 19.3 Å². The molecule has 0 aromatic rings. The van der Waals surface area contributed by atoms with Gasteiger partial charge in [0.2, 0.25) is 0 Å². The first-order valence-corrected chi connectivity index (χ1v) is 13.9. The van der Waals surface area contributed by atoms with Crippen LogP contribution >= 0.6 is 0 Å². The highest BCUT2D eigenvalue weighted by molar-refractivity contribution is 5.66. The predicted octanol–water partition coefficient (Wildman–Crippen LogP) is 9.24. The fourth-order valence-corrected chi connectivity index (χ4v) is 3.75. The van der Waals surface area contributed by atoms with Gasteiger partial charge in [0, 0.05) is 13.3 Å². The van der Waals surface area contributed by atoms with Gasteiger partial charge < -0.3 is 9.84 Å². The number of esters is 1. The highest BCUT2D eigenvalue weighted by Gasteiger charge is 1.97. The van der Waals surface area contributed by atoms with Crippen molar-refractivity contribution in [2.75, 3.05) is 6.61 Å². The third kappa shape index (κ3) is 36.3. The number of carboxylic acids is 1. The zero-order chi connectivity index (χ0) is 24.1.